The molecule has 1 aliphatic rings. The van der Waals surface area contributed by atoms with Crippen molar-refractivity contribution in [3.8, 4) is 11.5 Å². The number of benzene rings is 2. The van der Waals surface area contributed by atoms with Gasteiger partial charge in [0.05, 0.1) is 24.1 Å². The van der Waals surface area contributed by atoms with Crippen LogP contribution < -0.4 is 26.3 Å². The van der Waals surface area contributed by atoms with Gasteiger partial charge in [0, 0.05) is 12.5 Å². The molecule has 0 saturated carbocycles. The monoisotopic (exact) mass is 470 g/mol. The molecule has 1 unspecified atom stereocenters. The summed E-state index contributed by atoms with van der Waals surface area (Å²) in [5, 5.41) is 20.0. The number of carbonyl (C=O) groups is 4. The minimum atomic E-state index is -1.53. The zero-order valence-electron chi connectivity index (χ0n) is 17.8. The van der Waals surface area contributed by atoms with Gasteiger partial charge in [-0.15, -0.1) is 0 Å². The summed E-state index contributed by atoms with van der Waals surface area (Å²) in [6, 6.07) is 9.41. The molecule has 0 saturated heterocycles. The van der Waals surface area contributed by atoms with Gasteiger partial charge >= 0.3 is 17.9 Å². The van der Waals surface area contributed by atoms with Crippen molar-refractivity contribution in [2.45, 2.75) is 31.4 Å². The highest BCUT2D eigenvalue weighted by molar-refractivity contribution is 5.91. The number of nitrogens with one attached hydrogen (secondary N) is 1. The van der Waals surface area contributed by atoms with E-state index in [0.29, 0.717) is 17.9 Å². The number of aliphatic imine (C=N–C) groups is 1. The Morgan fingerprint density at radius 2 is 1.82 bits per heavy atom. The molecule has 1 aliphatic heterocycles. The van der Waals surface area contributed by atoms with E-state index >= 15 is 0 Å². The van der Waals surface area contributed by atoms with Crippen LogP contribution in [-0.2, 0) is 20.8 Å². The Balaban J connectivity index is 1.58. The summed E-state index contributed by atoms with van der Waals surface area (Å²) < 4.78 is 11.1. The van der Waals surface area contributed by atoms with Gasteiger partial charge in [-0.1, -0.05) is 6.07 Å². The molecule has 34 heavy (non-hydrogen) atoms. The number of guanidine groups is 1. The van der Waals surface area contributed by atoms with Gasteiger partial charge in [-0.25, -0.2) is 14.6 Å². The van der Waals surface area contributed by atoms with Gasteiger partial charge in [-0.3, -0.25) is 9.59 Å². The van der Waals surface area contributed by atoms with Gasteiger partial charge in [0.25, 0.3) is 0 Å². The third-order valence-electron chi connectivity index (χ3n) is 4.78. The lowest BCUT2D eigenvalue weighted by Crippen LogP contribution is -2.43. The zero-order valence-corrected chi connectivity index (χ0v) is 17.8. The molecule has 2 aromatic carbocycles. The molecule has 2 aromatic rings. The maximum atomic E-state index is 12.4. The summed E-state index contributed by atoms with van der Waals surface area (Å²) in [4.78, 5) is 50.3. The van der Waals surface area contributed by atoms with E-state index in [4.69, 9.17) is 31.2 Å². The highest BCUT2D eigenvalue weighted by Crippen LogP contribution is 2.33. The lowest BCUT2D eigenvalue weighted by Gasteiger charge is -2.15. The number of rotatable bonds is 9. The number of ether oxygens (including phenoxy) is 2. The largest absolute Gasteiger partial charge is 0.489 e. The molecule has 0 bridgehead atoms. The van der Waals surface area contributed by atoms with Crippen molar-refractivity contribution in [2.24, 2.45) is 16.5 Å². The molecule has 0 aromatic heterocycles. The normalized spacial score (nSPS) is 14.8. The summed E-state index contributed by atoms with van der Waals surface area (Å²) in [5.41, 5.74) is 12.2. The summed E-state index contributed by atoms with van der Waals surface area (Å²) in [6.45, 7) is 0. The Kier molecular flexibility index (Phi) is 7.31. The van der Waals surface area contributed by atoms with E-state index in [1.54, 1.807) is 24.3 Å². The number of fused-ring (bicyclic) bond motifs is 1. The minimum absolute atomic E-state index is 0.105. The van der Waals surface area contributed by atoms with E-state index in [0.717, 1.165) is 5.56 Å². The second-order valence-corrected chi connectivity index (χ2v) is 7.45. The lowest BCUT2D eigenvalue weighted by atomic mass is 10.1. The number of carboxylic acids is 2. The van der Waals surface area contributed by atoms with Crippen LogP contribution in [0.1, 0.15) is 28.8 Å². The first kappa shape index (κ1) is 24.0. The van der Waals surface area contributed by atoms with Crippen LogP contribution in [0.5, 0.6) is 11.5 Å². The van der Waals surface area contributed by atoms with Crippen LogP contribution in [0.3, 0.4) is 0 Å². The highest BCUT2D eigenvalue weighted by atomic mass is 16.5. The fourth-order valence-corrected chi connectivity index (χ4v) is 3.28. The number of hydrogen-bond donors (Lipinski definition) is 5. The van der Waals surface area contributed by atoms with E-state index in [-0.39, 0.29) is 23.7 Å². The molecular weight excluding hydrogens is 448 g/mol. The van der Waals surface area contributed by atoms with Crippen LogP contribution in [0.4, 0.5) is 5.69 Å². The second-order valence-electron chi connectivity index (χ2n) is 7.45. The quantitative estimate of drug-likeness (QED) is 0.149. The van der Waals surface area contributed by atoms with E-state index in [1.807, 2.05) is 0 Å². The van der Waals surface area contributed by atoms with E-state index in [2.05, 4.69) is 10.3 Å². The first-order chi connectivity index (χ1) is 16.1. The van der Waals surface area contributed by atoms with Crippen LogP contribution in [-0.4, -0.2) is 52.1 Å². The summed E-state index contributed by atoms with van der Waals surface area (Å²) in [7, 11) is 0. The maximum absolute atomic E-state index is 12.4. The molecule has 0 fully saturated rings. The predicted molar refractivity (Wildman–Crippen MR) is 118 cm³/mol. The number of aliphatic carboxylic acids is 2. The molecule has 3 rings (SSSR count). The summed E-state index contributed by atoms with van der Waals surface area (Å²) >= 11 is 0. The Morgan fingerprint density at radius 1 is 1.12 bits per heavy atom. The van der Waals surface area contributed by atoms with Crippen molar-refractivity contribution in [1.29, 1.82) is 0 Å². The Bertz CT molecular complexity index is 1140. The Hall–Kier alpha value is -4.61. The van der Waals surface area contributed by atoms with Gasteiger partial charge in [0.1, 0.15) is 23.6 Å². The van der Waals surface area contributed by atoms with Crippen LogP contribution in [0, 0.1) is 0 Å². The average Bonchev–Trinajstić information content (AvgIpc) is 3.14. The van der Waals surface area contributed by atoms with E-state index in [1.165, 1.54) is 18.2 Å². The maximum Gasteiger partial charge on any atom is 0.343 e. The fourth-order valence-electron chi connectivity index (χ4n) is 3.28. The van der Waals surface area contributed by atoms with Crippen LogP contribution in [0.25, 0.3) is 0 Å². The van der Waals surface area contributed by atoms with Crippen molar-refractivity contribution in [3.63, 3.8) is 0 Å². The number of esters is 1. The number of hydrogen-bond acceptors (Lipinski definition) is 7. The van der Waals surface area contributed by atoms with Crippen LogP contribution in [0.2, 0.25) is 0 Å². The Morgan fingerprint density at radius 3 is 2.44 bits per heavy atom. The van der Waals surface area contributed by atoms with Gasteiger partial charge < -0.3 is 36.5 Å². The third kappa shape index (κ3) is 6.45. The van der Waals surface area contributed by atoms with Gasteiger partial charge in [-0.2, -0.15) is 0 Å². The molecule has 12 heteroatoms. The molecule has 0 radical (unpaired) electrons. The molecule has 12 nitrogen and oxygen atoms in total. The van der Waals surface area contributed by atoms with Gasteiger partial charge in [0.2, 0.25) is 5.91 Å². The Labute approximate surface area is 193 Å². The topological polar surface area (TPSA) is 204 Å². The molecule has 1 heterocycles. The molecule has 1 amide bonds. The van der Waals surface area contributed by atoms with Crippen molar-refractivity contribution >= 4 is 35.5 Å². The molecule has 178 valence electrons. The predicted octanol–water partition coefficient (Wildman–Crippen LogP) is 0.548. The van der Waals surface area contributed by atoms with Crippen LogP contribution >= 0.6 is 0 Å². The van der Waals surface area contributed by atoms with Crippen molar-refractivity contribution in [1.82, 2.24) is 5.32 Å². The van der Waals surface area contributed by atoms with E-state index in [9.17, 15) is 19.2 Å². The van der Waals surface area contributed by atoms with Crippen LogP contribution in [0.15, 0.2) is 47.5 Å². The number of amides is 1. The average molecular weight is 470 g/mol. The first-order valence-electron chi connectivity index (χ1n) is 10.1. The minimum Gasteiger partial charge on any atom is -0.489 e. The fraction of sp³-hybridized carbons (Fsp3) is 0.227. The smallest absolute Gasteiger partial charge is 0.343 e. The first-order valence-corrected chi connectivity index (χ1v) is 10.1. The SMILES string of the molecule is NC(N)=Nc1ccc(C(=O)Oc2ccc3c(c2)OC(CC(=O)N[C@@H](CC(=O)O)C(=O)O)C3)cc1. The summed E-state index contributed by atoms with van der Waals surface area (Å²) in [5.74, 6) is -3.49. The number of carboxylic acid groups (broad SMARTS) is 2. The van der Waals surface area contributed by atoms with Crippen molar-refractivity contribution in [3.05, 3.63) is 53.6 Å². The third-order valence-corrected chi connectivity index (χ3v) is 4.78. The lowest BCUT2D eigenvalue weighted by molar-refractivity contribution is -0.147. The number of carbonyl (C=O) groups excluding carboxylic acids is 2. The van der Waals surface area contributed by atoms with Gasteiger partial charge in [-0.05, 0) is 35.9 Å². The molecule has 7 N–H and O–H groups in total. The molecule has 0 spiro atoms. The van der Waals surface area contributed by atoms with Crippen molar-refractivity contribution < 1.29 is 38.9 Å². The molecular formula is C22H22N4O8. The highest BCUT2D eigenvalue weighted by Gasteiger charge is 2.29. The molecule has 2 atom stereocenters. The molecule has 0 aliphatic carbocycles. The second kappa shape index (κ2) is 10.3. The number of nitrogens with zero attached hydrogens (tertiary/aromatic N) is 1. The van der Waals surface area contributed by atoms with Gasteiger partial charge in [0.15, 0.2) is 5.96 Å². The number of nitrogens with two attached hydrogens (primary N) is 2. The zero-order chi connectivity index (χ0) is 24.8. The standard InChI is InChI=1S/C22H22N4O8/c23-22(24)25-13-4-1-11(2-5-13)21(32)34-14-6-3-12-7-15(33-17(12)8-14)9-18(27)26-16(20(30)31)10-19(28)29/h1-6,8,15-16H,7,9-10H2,(H,26,27)(H,28,29)(H,30,31)(H4,23,24,25)/t15?,16-/m0/s1. The van der Waals surface area contributed by atoms with E-state index < -0.39 is 42.4 Å². The summed E-state index contributed by atoms with van der Waals surface area (Å²) in [6.07, 6.45) is -1.11. The van der Waals surface area contributed by atoms with Crippen molar-refractivity contribution in [2.75, 3.05) is 0 Å².